The van der Waals surface area contributed by atoms with Gasteiger partial charge in [-0.1, -0.05) is 35.0 Å². The van der Waals surface area contributed by atoms with Crippen molar-refractivity contribution < 1.29 is 14.2 Å². The summed E-state index contributed by atoms with van der Waals surface area (Å²) in [6.45, 7) is 1.94. The van der Waals surface area contributed by atoms with Crippen LogP contribution in [0.2, 0.25) is 5.02 Å². The van der Waals surface area contributed by atoms with Gasteiger partial charge in [0.05, 0.1) is 11.4 Å². The molecule has 13 heteroatoms. The first-order valence-corrected chi connectivity index (χ1v) is 11.3. The summed E-state index contributed by atoms with van der Waals surface area (Å²) < 4.78 is 11.6. The first-order valence-electron chi connectivity index (χ1n) is 9.94. The van der Waals surface area contributed by atoms with Crippen molar-refractivity contribution in [2.75, 3.05) is 12.3 Å². The molecule has 0 aliphatic heterocycles. The Morgan fingerprint density at radius 1 is 1.21 bits per heavy atom. The Balaban J connectivity index is 1.50. The van der Waals surface area contributed by atoms with Crippen molar-refractivity contribution in [2.45, 2.75) is 17.6 Å². The van der Waals surface area contributed by atoms with Crippen LogP contribution < -0.4 is 15.9 Å². The molecule has 0 saturated heterocycles. The molecule has 11 nitrogen and oxygen atoms in total. The Bertz CT molecular complexity index is 1290. The summed E-state index contributed by atoms with van der Waals surface area (Å²) in [4.78, 5) is 13.8. The number of nitrogen functional groups attached to an aromatic ring is 1. The van der Waals surface area contributed by atoms with Crippen molar-refractivity contribution >= 4 is 40.8 Å². The number of anilines is 1. The van der Waals surface area contributed by atoms with E-state index < -0.39 is 5.91 Å². The third-order valence-corrected chi connectivity index (χ3v) is 5.68. The average Bonchev–Trinajstić information content (AvgIpc) is 3.47. The monoisotopic (exact) mass is 498 g/mol. The van der Waals surface area contributed by atoms with Gasteiger partial charge in [0, 0.05) is 15.7 Å². The van der Waals surface area contributed by atoms with Crippen LogP contribution in [0.15, 0.2) is 69.2 Å². The van der Waals surface area contributed by atoms with Crippen LogP contribution >= 0.6 is 23.4 Å². The van der Waals surface area contributed by atoms with Crippen LogP contribution in [0.1, 0.15) is 23.1 Å². The van der Waals surface area contributed by atoms with E-state index in [0.717, 1.165) is 4.90 Å². The normalized spacial score (nSPS) is 11.4. The zero-order valence-corrected chi connectivity index (χ0v) is 19.5. The predicted octanol–water partition coefficient (Wildman–Crippen LogP) is 3.36. The predicted molar refractivity (Wildman–Crippen MR) is 127 cm³/mol. The van der Waals surface area contributed by atoms with Crippen molar-refractivity contribution in [3.05, 3.63) is 71.0 Å². The number of nitrogens with one attached hydrogen (secondary N) is 1. The summed E-state index contributed by atoms with van der Waals surface area (Å²) in [5.74, 6) is 0.623. The maximum atomic E-state index is 12.9. The molecular weight excluding hydrogens is 480 g/mol. The number of nitrogens with two attached hydrogens (primary N) is 1. The van der Waals surface area contributed by atoms with Crippen LogP contribution in [0.25, 0.3) is 5.82 Å². The third kappa shape index (κ3) is 5.71. The van der Waals surface area contributed by atoms with Gasteiger partial charge in [-0.3, -0.25) is 4.79 Å². The molecule has 0 unspecified atom stereocenters. The molecular formula is C21H19ClN8O3S. The second kappa shape index (κ2) is 10.8. The average molecular weight is 499 g/mol. The summed E-state index contributed by atoms with van der Waals surface area (Å²) in [7, 11) is 0. The number of hydrazone groups is 1. The van der Waals surface area contributed by atoms with Gasteiger partial charge in [-0.25, -0.2) is 10.1 Å². The minimum atomic E-state index is -0.549. The summed E-state index contributed by atoms with van der Waals surface area (Å²) in [5, 5.41) is 20.1. The number of rotatable bonds is 9. The number of hydrogen-bond donors (Lipinski definition) is 2. The second-order valence-electron chi connectivity index (χ2n) is 6.90. The molecule has 4 aromatic rings. The van der Waals surface area contributed by atoms with Gasteiger partial charge >= 0.3 is 0 Å². The summed E-state index contributed by atoms with van der Waals surface area (Å²) in [6.07, 6.45) is 0. The number of carbonyl (C=O) groups is 1. The van der Waals surface area contributed by atoms with Crippen molar-refractivity contribution in [3.8, 4) is 11.6 Å². The topological polar surface area (TPSA) is 146 Å². The summed E-state index contributed by atoms with van der Waals surface area (Å²) >= 11 is 7.41. The Hall–Kier alpha value is -3.90. The largest absolute Gasteiger partial charge is 0.488 e. The molecule has 0 fully saturated rings. The number of nitrogens with zero attached hydrogens (tertiary/aromatic N) is 6. The van der Waals surface area contributed by atoms with Crippen LogP contribution in [0.4, 0.5) is 5.82 Å². The van der Waals surface area contributed by atoms with Crippen molar-refractivity contribution in [3.63, 3.8) is 0 Å². The molecule has 0 bridgehead atoms. The van der Waals surface area contributed by atoms with Gasteiger partial charge in [0.15, 0.2) is 5.69 Å². The number of amides is 1. The zero-order chi connectivity index (χ0) is 23.9. The first kappa shape index (κ1) is 23.3. The number of halogens is 1. The number of hydrogen-bond acceptors (Lipinski definition) is 10. The van der Waals surface area contributed by atoms with Gasteiger partial charge in [0.25, 0.3) is 5.91 Å². The Kier molecular flexibility index (Phi) is 7.40. The molecule has 34 heavy (non-hydrogen) atoms. The lowest BCUT2D eigenvalue weighted by atomic mass is 10.3. The minimum absolute atomic E-state index is 0.0153. The zero-order valence-electron chi connectivity index (χ0n) is 17.9. The van der Waals surface area contributed by atoms with E-state index in [4.69, 9.17) is 22.1 Å². The van der Waals surface area contributed by atoms with E-state index in [9.17, 15) is 4.79 Å². The molecule has 174 valence electrons. The maximum absolute atomic E-state index is 12.9. The third-order valence-electron chi connectivity index (χ3n) is 4.40. The Morgan fingerprint density at radius 3 is 2.68 bits per heavy atom. The fourth-order valence-electron chi connectivity index (χ4n) is 2.73. The van der Waals surface area contributed by atoms with Crippen molar-refractivity contribution in [1.29, 1.82) is 0 Å². The van der Waals surface area contributed by atoms with Gasteiger partial charge in [0.2, 0.25) is 11.6 Å². The fraction of sp³-hybridized carbons (Fsp3) is 0.143. The van der Waals surface area contributed by atoms with Crippen molar-refractivity contribution in [1.82, 2.24) is 30.7 Å². The van der Waals surface area contributed by atoms with E-state index in [2.05, 4.69) is 35.8 Å². The minimum Gasteiger partial charge on any atom is -0.488 e. The number of benzene rings is 2. The van der Waals surface area contributed by atoms with Gasteiger partial charge in [-0.15, -0.1) is 16.9 Å². The summed E-state index contributed by atoms with van der Waals surface area (Å²) in [6, 6.07) is 16.6. The Morgan fingerprint density at radius 2 is 1.97 bits per heavy atom. The van der Waals surface area contributed by atoms with Crippen LogP contribution in [0.3, 0.4) is 0 Å². The van der Waals surface area contributed by atoms with E-state index in [1.807, 2.05) is 42.5 Å². The number of para-hydroxylation sites is 1. The van der Waals surface area contributed by atoms with E-state index in [-0.39, 0.29) is 23.9 Å². The van der Waals surface area contributed by atoms with E-state index in [0.29, 0.717) is 27.9 Å². The highest BCUT2D eigenvalue weighted by Crippen LogP contribution is 2.27. The quantitative estimate of drug-likeness (QED) is 0.201. The lowest BCUT2D eigenvalue weighted by Crippen LogP contribution is -2.23. The highest BCUT2D eigenvalue weighted by Gasteiger charge is 2.24. The molecule has 3 N–H and O–H groups in total. The highest BCUT2D eigenvalue weighted by atomic mass is 35.5. The standard InChI is InChI=1S/C21H19ClN8O3S/c1-13(11-32-15-5-3-2-4-6-15)24-26-21(31)18-17(12-34-16-9-7-14(22)8-10-16)30(29-25-18)20-19(23)27-33-28-20/h2-10H,11-12H2,1H3,(H2,23,27)(H,26,31)/b24-13-. The molecule has 0 radical (unpaired) electrons. The fourth-order valence-corrected chi connectivity index (χ4v) is 3.75. The first-order chi connectivity index (χ1) is 16.5. The van der Waals surface area contributed by atoms with E-state index in [1.165, 1.54) is 16.4 Å². The number of thioether (sulfide) groups is 1. The molecule has 4 rings (SSSR count). The molecule has 2 aromatic carbocycles. The molecule has 0 aliphatic rings. The molecule has 1 amide bonds. The molecule has 0 saturated carbocycles. The van der Waals surface area contributed by atoms with E-state index in [1.54, 1.807) is 19.1 Å². The van der Waals surface area contributed by atoms with Gasteiger partial charge in [-0.2, -0.15) is 9.78 Å². The Labute approximate surface area is 203 Å². The van der Waals surface area contributed by atoms with Gasteiger partial charge in [0.1, 0.15) is 12.4 Å². The van der Waals surface area contributed by atoms with Crippen LogP contribution in [0, 0.1) is 0 Å². The number of aromatic nitrogens is 5. The van der Waals surface area contributed by atoms with Crippen LogP contribution in [0.5, 0.6) is 5.75 Å². The second-order valence-corrected chi connectivity index (χ2v) is 8.39. The molecule has 0 atom stereocenters. The summed E-state index contributed by atoms with van der Waals surface area (Å²) in [5.41, 5.74) is 9.37. The lowest BCUT2D eigenvalue weighted by molar-refractivity contribution is 0.0949. The van der Waals surface area contributed by atoms with Gasteiger partial charge in [-0.05, 0) is 53.6 Å². The molecule has 0 aliphatic carbocycles. The van der Waals surface area contributed by atoms with Crippen molar-refractivity contribution in [2.24, 2.45) is 5.10 Å². The van der Waals surface area contributed by atoms with Crippen LogP contribution in [-0.4, -0.2) is 43.5 Å². The van der Waals surface area contributed by atoms with E-state index >= 15 is 0 Å². The molecule has 2 heterocycles. The number of carbonyl (C=O) groups excluding carboxylic acids is 1. The van der Waals surface area contributed by atoms with Gasteiger partial charge < -0.3 is 10.5 Å². The smallest absolute Gasteiger partial charge is 0.293 e. The highest BCUT2D eigenvalue weighted by molar-refractivity contribution is 7.98. The van der Waals surface area contributed by atoms with Crippen LogP contribution in [-0.2, 0) is 5.75 Å². The lowest BCUT2D eigenvalue weighted by Gasteiger charge is -2.07. The molecule has 0 spiro atoms. The SMILES string of the molecule is C/C(COc1ccccc1)=N/NC(=O)c1nnn(-c2nonc2N)c1CSc1ccc(Cl)cc1. The maximum Gasteiger partial charge on any atom is 0.293 e. The number of ether oxygens (including phenoxy) is 1. The molecule has 2 aromatic heterocycles.